The van der Waals surface area contributed by atoms with E-state index in [2.05, 4.69) is 15.7 Å². The minimum atomic E-state index is -4.72. The molecule has 9 heteroatoms. The molecule has 2 aromatic rings. The van der Waals surface area contributed by atoms with Gasteiger partial charge in [-0.2, -0.15) is 18.3 Å². The lowest BCUT2D eigenvalue weighted by atomic mass is 10.1. The topological polar surface area (TPSA) is 76.0 Å². The Morgan fingerprint density at radius 1 is 1.12 bits per heavy atom. The van der Waals surface area contributed by atoms with Gasteiger partial charge in [0.15, 0.2) is 5.69 Å². The van der Waals surface area contributed by atoms with Crippen molar-refractivity contribution in [3.05, 3.63) is 41.7 Å². The zero-order valence-electron chi connectivity index (χ0n) is 14.5. The van der Waals surface area contributed by atoms with Gasteiger partial charge in [0.2, 0.25) is 5.91 Å². The second-order valence-electron chi connectivity index (χ2n) is 6.24. The van der Waals surface area contributed by atoms with Gasteiger partial charge in [-0.05, 0) is 30.2 Å². The smallest absolute Gasteiger partial charge is 0.326 e. The Morgan fingerprint density at radius 3 is 2.15 bits per heavy atom. The van der Waals surface area contributed by atoms with E-state index in [9.17, 15) is 22.8 Å². The lowest BCUT2D eigenvalue weighted by Crippen LogP contribution is -2.18. The number of aromatic nitrogens is 2. The van der Waals surface area contributed by atoms with Crippen LogP contribution in [0.15, 0.2) is 30.5 Å². The van der Waals surface area contributed by atoms with Gasteiger partial charge in [-0.3, -0.25) is 14.3 Å². The number of amides is 2. The Labute approximate surface area is 148 Å². The third-order valence-electron chi connectivity index (χ3n) is 3.36. The van der Waals surface area contributed by atoms with Crippen molar-refractivity contribution in [2.45, 2.75) is 26.4 Å². The Balaban J connectivity index is 2.08. The number of anilines is 2. The number of carbonyl (C=O) groups is 2. The van der Waals surface area contributed by atoms with Gasteiger partial charge in [0.25, 0.3) is 5.91 Å². The highest BCUT2D eigenvalue weighted by Gasteiger charge is 2.38. The van der Waals surface area contributed by atoms with Gasteiger partial charge in [-0.1, -0.05) is 13.8 Å². The van der Waals surface area contributed by atoms with Crippen LogP contribution in [0.3, 0.4) is 0 Å². The maximum atomic E-state index is 12.9. The van der Waals surface area contributed by atoms with Gasteiger partial charge in [0.1, 0.15) is 0 Å². The Hall–Kier alpha value is -2.84. The van der Waals surface area contributed by atoms with E-state index in [1.165, 1.54) is 19.2 Å². The first-order chi connectivity index (χ1) is 12.1. The van der Waals surface area contributed by atoms with Crippen molar-refractivity contribution in [1.82, 2.24) is 9.78 Å². The number of benzene rings is 1. The molecule has 2 rings (SSSR count). The quantitative estimate of drug-likeness (QED) is 0.845. The average molecular weight is 368 g/mol. The summed E-state index contributed by atoms with van der Waals surface area (Å²) in [5.74, 6) is -0.833. The van der Waals surface area contributed by atoms with E-state index in [4.69, 9.17) is 0 Å². The van der Waals surface area contributed by atoms with E-state index in [1.54, 1.807) is 12.1 Å². The molecule has 26 heavy (non-hydrogen) atoms. The van der Waals surface area contributed by atoms with Crippen molar-refractivity contribution in [1.29, 1.82) is 0 Å². The van der Waals surface area contributed by atoms with Gasteiger partial charge in [-0.15, -0.1) is 0 Å². The van der Waals surface area contributed by atoms with Gasteiger partial charge < -0.3 is 10.6 Å². The lowest BCUT2D eigenvalue weighted by Gasteiger charge is -2.09. The Kier molecular flexibility index (Phi) is 5.69. The summed E-state index contributed by atoms with van der Waals surface area (Å²) in [6.07, 6.45) is -3.34. The molecule has 1 heterocycles. The first-order valence-corrected chi connectivity index (χ1v) is 7.88. The average Bonchev–Trinajstić information content (AvgIpc) is 2.91. The zero-order valence-corrected chi connectivity index (χ0v) is 14.5. The van der Waals surface area contributed by atoms with E-state index in [-0.39, 0.29) is 11.8 Å². The van der Waals surface area contributed by atoms with Crippen molar-refractivity contribution >= 4 is 23.2 Å². The number of hydrogen-bond donors (Lipinski definition) is 2. The molecule has 1 aromatic heterocycles. The first-order valence-electron chi connectivity index (χ1n) is 7.88. The third kappa shape index (κ3) is 5.08. The molecule has 0 fully saturated rings. The molecule has 6 nitrogen and oxygen atoms in total. The van der Waals surface area contributed by atoms with Gasteiger partial charge in [0.05, 0.1) is 5.56 Å². The minimum absolute atomic E-state index is 0.137. The fraction of sp³-hybridized carbons (Fsp3) is 0.353. The van der Waals surface area contributed by atoms with E-state index < -0.39 is 23.3 Å². The summed E-state index contributed by atoms with van der Waals surface area (Å²) in [5.41, 5.74) is -0.968. The standard InChI is InChI=1S/C17H19F3N4O2/c1-10(2)8-14(25)21-11-4-6-12(7-5-11)22-16(26)13-9-24(3)23-15(13)17(18,19)20/h4-7,9-10H,8H2,1-3H3,(H,21,25)(H,22,26). The molecule has 0 saturated heterocycles. The van der Waals surface area contributed by atoms with Crippen LogP contribution in [-0.2, 0) is 18.0 Å². The van der Waals surface area contributed by atoms with E-state index >= 15 is 0 Å². The molecule has 0 spiro atoms. The summed E-state index contributed by atoms with van der Waals surface area (Å²) >= 11 is 0. The highest BCUT2D eigenvalue weighted by molar-refractivity contribution is 6.05. The van der Waals surface area contributed by atoms with Crippen molar-refractivity contribution in [3.63, 3.8) is 0 Å². The molecular formula is C17H19F3N4O2. The lowest BCUT2D eigenvalue weighted by molar-refractivity contribution is -0.141. The molecule has 0 aliphatic heterocycles. The van der Waals surface area contributed by atoms with Crippen LogP contribution in [0.1, 0.15) is 36.3 Å². The van der Waals surface area contributed by atoms with Crippen LogP contribution in [0, 0.1) is 5.92 Å². The van der Waals surface area contributed by atoms with Crippen LogP contribution in [0.4, 0.5) is 24.5 Å². The van der Waals surface area contributed by atoms with Gasteiger partial charge >= 0.3 is 6.18 Å². The number of carbonyl (C=O) groups excluding carboxylic acids is 2. The summed E-state index contributed by atoms with van der Waals surface area (Å²) in [7, 11) is 1.31. The first kappa shape index (κ1) is 19.5. The largest absolute Gasteiger partial charge is 0.435 e. The minimum Gasteiger partial charge on any atom is -0.326 e. The van der Waals surface area contributed by atoms with Crippen LogP contribution >= 0.6 is 0 Å². The predicted octanol–water partition coefficient (Wildman–Crippen LogP) is 3.68. The van der Waals surface area contributed by atoms with E-state index in [1.807, 2.05) is 13.8 Å². The van der Waals surface area contributed by atoms with Crippen molar-refractivity contribution in [2.75, 3.05) is 10.6 Å². The maximum Gasteiger partial charge on any atom is 0.435 e. The van der Waals surface area contributed by atoms with Crippen molar-refractivity contribution in [2.24, 2.45) is 13.0 Å². The highest BCUT2D eigenvalue weighted by Crippen LogP contribution is 2.31. The fourth-order valence-electron chi connectivity index (χ4n) is 2.28. The molecule has 0 aliphatic rings. The predicted molar refractivity (Wildman–Crippen MR) is 90.7 cm³/mol. The number of nitrogens with one attached hydrogen (secondary N) is 2. The number of nitrogens with zero attached hydrogens (tertiary/aromatic N) is 2. The van der Waals surface area contributed by atoms with Crippen LogP contribution in [0.25, 0.3) is 0 Å². The second kappa shape index (κ2) is 7.59. The van der Waals surface area contributed by atoms with Crippen LogP contribution in [-0.4, -0.2) is 21.6 Å². The molecular weight excluding hydrogens is 349 g/mol. The molecule has 2 amide bonds. The summed E-state index contributed by atoms with van der Waals surface area (Å²) in [5, 5.41) is 8.39. The van der Waals surface area contributed by atoms with E-state index in [0.717, 1.165) is 10.9 Å². The summed E-state index contributed by atoms with van der Waals surface area (Å²) in [4.78, 5) is 23.9. The maximum absolute atomic E-state index is 12.9. The zero-order chi connectivity index (χ0) is 19.5. The number of aryl methyl sites for hydroxylation is 1. The highest BCUT2D eigenvalue weighted by atomic mass is 19.4. The monoisotopic (exact) mass is 368 g/mol. The van der Waals surface area contributed by atoms with Gasteiger partial charge in [0, 0.05) is 31.0 Å². The normalized spacial score (nSPS) is 11.5. The van der Waals surface area contributed by atoms with Crippen LogP contribution in [0.2, 0.25) is 0 Å². The molecule has 2 N–H and O–H groups in total. The van der Waals surface area contributed by atoms with Crippen LogP contribution < -0.4 is 10.6 Å². The molecule has 0 aliphatic carbocycles. The molecule has 0 atom stereocenters. The third-order valence-corrected chi connectivity index (χ3v) is 3.36. The molecule has 140 valence electrons. The fourth-order valence-corrected chi connectivity index (χ4v) is 2.28. The molecule has 0 saturated carbocycles. The van der Waals surface area contributed by atoms with Gasteiger partial charge in [-0.25, -0.2) is 0 Å². The molecule has 0 radical (unpaired) electrons. The van der Waals surface area contributed by atoms with Crippen LogP contribution in [0.5, 0.6) is 0 Å². The van der Waals surface area contributed by atoms with E-state index in [0.29, 0.717) is 17.8 Å². The molecule has 0 unspecified atom stereocenters. The summed E-state index contributed by atoms with van der Waals surface area (Å²) in [6, 6.07) is 6.10. The number of alkyl halides is 3. The number of rotatable bonds is 5. The summed E-state index contributed by atoms with van der Waals surface area (Å²) in [6.45, 7) is 3.84. The Bertz CT molecular complexity index is 795. The molecule has 0 bridgehead atoms. The Morgan fingerprint density at radius 2 is 1.65 bits per heavy atom. The summed E-state index contributed by atoms with van der Waals surface area (Å²) < 4.78 is 39.7. The molecule has 1 aromatic carbocycles. The number of hydrogen-bond acceptors (Lipinski definition) is 3. The van der Waals surface area contributed by atoms with Crippen molar-refractivity contribution in [3.8, 4) is 0 Å². The second-order valence-corrected chi connectivity index (χ2v) is 6.24. The number of halogens is 3. The SMILES string of the molecule is CC(C)CC(=O)Nc1ccc(NC(=O)c2cn(C)nc2C(F)(F)F)cc1. The van der Waals surface area contributed by atoms with Crippen molar-refractivity contribution < 1.29 is 22.8 Å².